The summed E-state index contributed by atoms with van der Waals surface area (Å²) in [7, 11) is 0. The molecule has 0 aliphatic heterocycles. The van der Waals surface area contributed by atoms with Crippen LogP contribution >= 0.6 is 0 Å². The van der Waals surface area contributed by atoms with E-state index in [1.807, 2.05) is 19.1 Å². The van der Waals surface area contributed by atoms with Crippen molar-refractivity contribution in [2.24, 2.45) is 5.73 Å². The third-order valence-electron chi connectivity index (χ3n) is 2.22. The molecule has 0 amide bonds. The van der Waals surface area contributed by atoms with Gasteiger partial charge in [-0.3, -0.25) is 0 Å². The van der Waals surface area contributed by atoms with Gasteiger partial charge < -0.3 is 10.8 Å². The summed E-state index contributed by atoms with van der Waals surface area (Å²) >= 11 is 0. The van der Waals surface area contributed by atoms with Crippen LogP contribution in [-0.2, 0) is 6.54 Å². The van der Waals surface area contributed by atoms with Crippen molar-refractivity contribution < 1.29 is 5.11 Å². The summed E-state index contributed by atoms with van der Waals surface area (Å²) < 4.78 is 1.77. The number of hydrogen-bond acceptors (Lipinski definition) is 3. The molecule has 1 aromatic carbocycles. The molecule has 0 saturated heterocycles. The average Bonchev–Trinajstić information content (AvgIpc) is 2.60. The molecule has 1 heterocycles. The van der Waals surface area contributed by atoms with Gasteiger partial charge in [0.05, 0.1) is 11.4 Å². The van der Waals surface area contributed by atoms with Crippen molar-refractivity contribution >= 4 is 0 Å². The molecular weight excluding hydrogens is 190 g/mol. The van der Waals surface area contributed by atoms with Crippen molar-refractivity contribution in [1.29, 1.82) is 0 Å². The molecule has 0 aliphatic carbocycles. The lowest BCUT2D eigenvalue weighted by atomic mass is 10.3. The normalized spacial score (nSPS) is 10.5. The fraction of sp³-hybridized carbons (Fsp3) is 0.182. The molecule has 0 bridgehead atoms. The van der Waals surface area contributed by atoms with Gasteiger partial charge >= 0.3 is 0 Å². The van der Waals surface area contributed by atoms with Gasteiger partial charge in [0.15, 0.2) is 0 Å². The van der Waals surface area contributed by atoms with Gasteiger partial charge in [-0.2, -0.15) is 5.10 Å². The molecule has 1 aromatic heterocycles. The fourth-order valence-corrected chi connectivity index (χ4v) is 1.52. The Balaban J connectivity index is 2.48. The van der Waals surface area contributed by atoms with Crippen LogP contribution in [0.2, 0.25) is 0 Å². The van der Waals surface area contributed by atoms with Crippen molar-refractivity contribution in [2.45, 2.75) is 13.5 Å². The highest BCUT2D eigenvalue weighted by atomic mass is 16.3. The Labute approximate surface area is 88.0 Å². The molecule has 4 heteroatoms. The van der Waals surface area contributed by atoms with Crippen LogP contribution in [0.15, 0.2) is 30.3 Å². The van der Waals surface area contributed by atoms with E-state index in [0.29, 0.717) is 6.54 Å². The third kappa shape index (κ3) is 1.85. The average molecular weight is 203 g/mol. The molecule has 0 atom stereocenters. The van der Waals surface area contributed by atoms with E-state index >= 15 is 0 Å². The number of rotatable bonds is 2. The number of phenols is 1. The second-order valence-electron chi connectivity index (χ2n) is 3.41. The summed E-state index contributed by atoms with van der Waals surface area (Å²) in [4.78, 5) is 0. The van der Waals surface area contributed by atoms with Crippen molar-refractivity contribution in [3.63, 3.8) is 0 Å². The summed E-state index contributed by atoms with van der Waals surface area (Å²) in [6.07, 6.45) is 0. The van der Waals surface area contributed by atoms with Crippen LogP contribution in [0.3, 0.4) is 0 Å². The zero-order valence-electron chi connectivity index (χ0n) is 8.51. The van der Waals surface area contributed by atoms with Gasteiger partial charge in [-0.15, -0.1) is 0 Å². The Hall–Kier alpha value is -1.81. The highest BCUT2D eigenvalue weighted by molar-refractivity contribution is 5.39. The van der Waals surface area contributed by atoms with Crippen LogP contribution in [0, 0.1) is 6.92 Å². The van der Waals surface area contributed by atoms with Crippen molar-refractivity contribution in [2.75, 3.05) is 0 Å². The number of aromatic nitrogens is 2. The lowest BCUT2D eigenvalue weighted by Crippen LogP contribution is -2.01. The van der Waals surface area contributed by atoms with E-state index in [0.717, 1.165) is 17.1 Å². The van der Waals surface area contributed by atoms with Gasteiger partial charge in [-0.1, -0.05) is 6.07 Å². The molecular formula is C11H13N3O. The largest absolute Gasteiger partial charge is 0.508 e. The molecule has 2 aromatic rings. The van der Waals surface area contributed by atoms with Crippen LogP contribution < -0.4 is 5.73 Å². The molecule has 0 fully saturated rings. The van der Waals surface area contributed by atoms with Crippen LogP contribution in [0.25, 0.3) is 5.69 Å². The summed E-state index contributed by atoms with van der Waals surface area (Å²) in [6.45, 7) is 2.38. The summed E-state index contributed by atoms with van der Waals surface area (Å²) in [5, 5.41) is 13.7. The Bertz CT molecular complexity index is 476. The topological polar surface area (TPSA) is 64.1 Å². The first-order chi connectivity index (χ1) is 7.20. The first-order valence-corrected chi connectivity index (χ1v) is 4.75. The minimum absolute atomic E-state index is 0.233. The van der Waals surface area contributed by atoms with Gasteiger partial charge in [0.25, 0.3) is 0 Å². The number of benzene rings is 1. The number of hydrogen-bond donors (Lipinski definition) is 2. The smallest absolute Gasteiger partial charge is 0.117 e. The quantitative estimate of drug-likeness (QED) is 0.774. The SMILES string of the molecule is Cc1cc(CN)nn1-c1cccc(O)c1. The van der Waals surface area contributed by atoms with Crippen molar-refractivity contribution in [3.8, 4) is 11.4 Å². The Kier molecular flexibility index (Phi) is 2.43. The number of phenolic OH excluding ortho intramolecular Hbond substituents is 1. The molecule has 4 nitrogen and oxygen atoms in total. The maximum Gasteiger partial charge on any atom is 0.117 e. The predicted molar refractivity (Wildman–Crippen MR) is 57.9 cm³/mol. The Morgan fingerprint density at radius 2 is 2.20 bits per heavy atom. The zero-order chi connectivity index (χ0) is 10.8. The molecule has 0 aliphatic rings. The first kappa shape index (κ1) is 9.73. The number of nitrogens with zero attached hydrogens (tertiary/aromatic N) is 2. The van der Waals surface area contributed by atoms with Crippen molar-refractivity contribution in [1.82, 2.24) is 9.78 Å². The maximum absolute atomic E-state index is 9.36. The van der Waals surface area contributed by atoms with E-state index in [9.17, 15) is 5.11 Å². The molecule has 0 saturated carbocycles. The van der Waals surface area contributed by atoms with Gasteiger partial charge in [0.1, 0.15) is 5.75 Å². The highest BCUT2D eigenvalue weighted by Gasteiger charge is 2.05. The molecule has 0 spiro atoms. The predicted octanol–water partition coefficient (Wildman–Crippen LogP) is 1.35. The van der Waals surface area contributed by atoms with E-state index in [4.69, 9.17) is 5.73 Å². The third-order valence-corrected chi connectivity index (χ3v) is 2.22. The van der Waals surface area contributed by atoms with Gasteiger partial charge in [0, 0.05) is 18.3 Å². The Morgan fingerprint density at radius 1 is 1.40 bits per heavy atom. The summed E-state index contributed by atoms with van der Waals surface area (Å²) in [6, 6.07) is 8.91. The van der Waals surface area contributed by atoms with Crippen LogP contribution in [0.5, 0.6) is 5.75 Å². The minimum Gasteiger partial charge on any atom is -0.508 e. The maximum atomic E-state index is 9.36. The van der Waals surface area contributed by atoms with E-state index in [1.54, 1.807) is 22.9 Å². The first-order valence-electron chi connectivity index (χ1n) is 4.75. The van der Waals surface area contributed by atoms with Crippen LogP contribution in [0.1, 0.15) is 11.4 Å². The molecule has 15 heavy (non-hydrogen) atoms. The Morgan fingerprint density at radius 3 is 2.80 bits per heavy atom. The molecule has 2 rings (SSSR count). The number of nitrogens with two attached hydrogens (primary N) is 1. The second kappa shape index (κ2) is 3.74. The zero-order valence-corrected chi connectivity index (χ0v) is 8.51. The molecule has 0 radical (unpaired) electrons. The molecule has 78 valence electrons. The van der Waals surface area contributed by atoms with Gasteiger partial charge in [-0.25, -0.2) is 4.68 Å². The van der Waals surface area contributed by atoms with E-state index < -0.39 is 0 Å². The minimum atomic E-state index is 0.233. The van der Waals surface area contributed by atoms with Crippen molar-refractivity contribution in [3.05, 3.63) is 41.7 Å². The summed E-state index contributed by atoms with van der Waals surface area (Å²) in [5.74, 6) is 0.233. The standard InChI is InChI=1S/C11H13N3O/c1-8-5-9(7-12)13-14(8)10-3-2-4-11(15)6-10/h2-6,15H,7,12H2,1H3. The van der Waals surface area contributed by atoms with E-state index in [-0.39, 0.29) is 5.75 Å². The second-order valence-corrected chi connectivity index (χ2v) is 3.41. The van der Waals surface area contributed by atoms with E-state index in [2.05, 4.69) is 5.10 Å². The van der Waals surface area contributed by atoms with Crippen LogP contribution in [0.4, 0.5) is 0 Å². The summed E-state index contributed by atoms with van der Waals surface area (Å²) in [5.41, 5.74) is 8.20. The number of aryl methyl sites for hydroxylation is 1. The lowest BCUT2D eigenvalue weighted by Gasteiger charge is -2.03. The lowest BCUT2D eigenvalue weighted by molar-refractivity contribution is 0.474. The van der Waals surface area contributed by atoms with Gasteiger partial charge in [0.2, 0.25) is 0 Å². The fourth-order valence-electron chi connectivity index (χ4n) is 1.52. The van der Waals surface area contributed by atoms with E-state index in [1.165, 1.54) is 0 Å². The van der Waals surface area contributed by atoms with Crippen LogP contribution in [-0.4, -0.2) is 14.9 Å². The molecule has 3 N–H and O–H groups in total. The number of aromatic hydroxyl groups is 1. The highest BCUT2D eigenvalue weighted by Crippen LogP contribution is 2.16. The monoisotopic (exact) mass is 203 g/mol. The molecule has 0 unspecified atom stereocenters. The van der Waals surface area contributed by atoms with Gasteiger partial charge in [-0.05, 0) is 25.1 Å².